The zero-order valence-electron chi connectivity index (χ0n) is 8.45. The van der Waals surface area contributed by atoms with Crippen molar-refractivity contribution >= 4 is 12.4 Å². The van der Waals surface area contributed by atoms with Crippen molar-refractivity contribution in [3.8, 4) is 0 Å². The Labute approximate surface area is 83.8 Å². The number of unbranched alkanes of at least 4 members (excludes halogenated alkanes) is 3. The minimum absolute atomic E-state index is 0.511. The maximum absolute atomic E-state index is 10.7. The molecule has 0 aromatic heterocycles. The molecule has 0 radical (unpaired) electrons. The van der Waals surface area contributed by atoms with Crippen molar-refractivity contribution in [1.82, 2.24) is 15.9 Å². The Morgan fingerprint density at radius 1 is 1.43 bits per heavy atom. The minimum Gasteiger partial charge on any atom is -0.277 e. The molecule has 3 amide bonds. The summed E-state index contributed by atoms with van der Waals surface area (Å²) < 4.78 is 0. The van der Waals surface area contributed by atoms with Gasteiger partial charge in [0.05, 0.1) is 0 Å². The van der Waals surface area contributed by atoms with E-state index < -0.39 is 6.03 Å². The minimum atomic E-state index is -0.590. The molecule has 0 aliphatic heterocycles. The Hall–Kier alpha value is -1.30. The van der Waals surface area contributed by atoms with E-state index in [-0.39, 0.29) is 0 Å². The molecule has 0 aliphatic carbocycles. The van der Waals surface area contributed by atoms with Gasteiger partial charge in [-0.1, -0.05) is 26.2 Å². The van der Waals surface area contributed by atoms with Gasteiger partial charge in [-0.3, -0.25) is 15.2 Å². The lowest BCUT2D eigenvalue weighted by molar-refractivity contribution is -0.120. The van der Waals surface area contributed by atoms with Crippen LogP contribution in [-0.2, 0) is 4.79 Å². The number of hydrazine groups is 2. The molecule has 0 heterocycles. The molecule has 0 atom stereocenters. The Morgan fingerprint density at radius 2 is 2.14 bits per heavy atom. The number of amides is 3. The number of hydrogen-bond acceptors (Lipinski definition) is 3. The molecule has 0 aliphatic rings. The highest BCUT2D eigenvalue weighted by molar-refractivity contribution is 5.74. The number of nitrogens with two attached hydrogens (primary N) is 1. The van der Waals surface area contributed by atoms with E-state index in [1.165, 1.54) is 5.01 Å². The van der Waals surface area contributed by atoms with E-state index in [4.69, 9.17) is 5.84 Å². The van der Waals surface area contributed by atoms with Gasteiger partial charge in [-0.05, 0) is 6.42 Å². The van der Waals surface area contributed by atoms with E-state index >= 15 is 0 Å². The zero-order chi connectivity index (χ0) is 10.8. The van der Waals surface area contributed by atoms with Crippen LogP contribution in [0.15, 0.2) is 0 Å². The number of rotatable bonds is 7. The molecule has 14 heavy (non-hydrogen) atoms. The molecule has 0 bridgehead atoms. The van der Waals surface area contributed by atoms with Gasteiger partial charge in [0.2, 0.25) is 6.41 Å². The topological polar surface area (TPSA) is 87.5 Å². The Bertz CT molecular complexity index is 175. The first-order chi connectivity index (χ1) is 6.74. The van der Waals surface area contributed by atoms with Crippen LogP contribution in [0.1, 0.15) is 32.6 Å². The Kier molecular flexibility index (Phi) is 7.53. The highest BCUT2D eigenvalue weighted by atomic mass is 16.2. The summed E-state index contributed by atoms with van der Waals surface area (Å²) in [5.74, 6) is 4.85. The number of nitrogens with one attached hydrogen (secondary N) is 2. The number of carbonyl (C=O) groups excluding carboxylic acids is 2. The number of carbonyl (C=O) groups is 2. The van der Waals surface area contributed by atoms with Gasteiger partial charge in [0.15, 0.2) is 0 Å². The molecular weight excluding hydrogens is 184 g/mol. The third-order valence-electron chi connectivity index (χ3n) is 1.76. The van der Waals surface area contributed by atoms with Crippen LogP contribution in [0.2, 0.25) is 0 Å². The maximum Gasteiger partial charge on any atom is 0.347 e. The zero-order valence-corrected chi connectivity index (χ0v) is 8.45. The van der Waals surface area contributed by atoms with E-state index in [2.05, 4.69) is 12.3 Å². The SMILES string of the molecule is CCCCCCN(C=O)NC(=O)NN. The normalized spacial score (nSPS) is 9.29. The predicted octanol–water partition coefficient (Wildman–Crippen LogP) is 0.113. The van der Waals surface area contributed by atoms with Crippen molar-refractivity contribution in [1.29, 1.82) is 0 Å². The molecule has 82 valence electrons. The summed E-state index contributed by atoms with van der Waals surface area (Å²) in [4.78, 5) is 21.2. The number of urea groups is 1. The summed E-state index contributed by atoms with van der Waals surface area (Å²) in [6, 6.07) is -0.590. The van der Waals surface area contributed by atoms with E-state index in [1.807, 2.05) is 5.43 Å². The lowest BCUT2D eigenvalue weighted by Gasteiger charge is -2.17. The molecule has 0 aromatic rings. The highest BCUT2D eigenvalue weighted by Gasteiger charge is 2.03. The van der Waals surface area contributed by atoms with Crippen LogP contribution >= 0.6 is 0 Å². The Balaban J connectivity index is 3.58. The summed E-state index contributed by atoms with van der Waals surface area (Å²) in [5, 5.41) is 1.18. The van der Waals surface area contributed by atoms with Gasteiger partial charge >= 0.3 is 6.03 Å². The average molecular weight is 202 g/mol. The first kappa shape index (κ1) is 12.7. The van der Waals surface area contributed by atoms with Crippen molar-refractivity contribution in [2.45, 2.75) is 32.6 Å². The molecule has 0 fully saturated rings. The monoisotopic (exact) mass is 202 g/mol. The fourth-order valence-corrected chi connectivity index (χ4v) is 1.01. The number of hydrogen-bond donors (Lipinski definition) is 3. The average Bonchev–Trinajstić information content (AvgIpc) is 2.22. The molecule has 0 unspecified atom stereocenters. The van der Waals surface area contributed by atoms with Crippen LogP contribution < -0.4 is 16.7 Å². The standard InChI is InChI=1S/C8H18N4O2/c1-2-3-4-5-6-12(7-13)11-8(14)10-9/h7H,2-6,9H2,1H3,(H2,10,11,14). The van der Waals surface area contributed by atoms with Gasteiger partial charge in [0.25, 0.3) is 0 Å². The molecule has 4 N–H and O–H groups in total. The van der Waals surface area contributed by atoms with Gasteiger partial charge in [-0.25, -0.2) is 16.1 Å². The fourth-order valence-electron chi connectivity index (χ4n) is 1.01. The predicted molar refractivity (Wildman–Crippen MR) is 52.8 cm³/mol. The van der Waals surface area contributed by atoms with Crippen molar-refractivity contribution in [2.75, 3.05) is 6.54 Å². The maximum atomic E-state index is 10.7. The van der Waals surface area contributed by atoms with Crippen LogP contribution in [0.5, 0.6) is 0 Å². The third kappa shape index (κ3) is 6.24. The third-order valence-corrected chi connectivity index (χ3v) is 1.76. The van der Waals surface area contributed by atoms with Gasteiger partial charge in [0, 0.05) is 6.54 Å². The summed E-state index contributed by atoms with van der Waals surface area (Å²) in [7, 11) is 0. The van der Waals surface area contributed by atoms with Crippen LogP contribution in [-0.4, -0.2) is 24.0 Å². The Morgan fingerprint density at radius 3 is 2.64 bits per heavy atom. The molecule has 6 nitrogen and oxygen atoms in total. The molecule has 6 heteroatoms. The molecule has 0 aromatic carbocycles. The summed E-state index contributed by atoms with van der Waals surface area (Å²) >= 11 is 0. The number of nitrogens with zero attached hydrogens (tertiary/aromatic N) is 1. The van der Waals surface area contributed by atoms with E-state index in [0.717, 1.165) is 25.7 Å². The quantitative estimate of drug-likeness (QED) is 0.180. The van der Waals surface area contributed by atoms with Gasteiger partial charge < -0.3 is 0 Å². The van der Waals surface area contributed by atoms with Crippen LogP contribution in [0.3, 0.4) is 0 Å². The highest BCUT2D eigenvalue weighted by Crippen LogP contribution is 1.98. The smallest absolute Gasteiger partial charge is 0.277 e. The lowest BCUT2D eigenvalue weighted by atomic mass is 10.2. The summed E-state index contributed by atoms with van der Waals surface area (Å²) in [6.07, 6.45) is 4.76. The van der Waals surface area contributed by atoms with Gasteiger partial charge in [-0.15, -0.1) is 0 Å². The molecule has 0 saturated heterocycles. The first-order valence-corrected chi connectivity index (χ1v) is 4.73. The van der Waals surface area contributed by atoms with E-state index in [9.17, 15) is 9.59 Å². The molecule has 0 spiro atoms. The van der Waals surface area contributed by atoms with Crippen LogP contribution in [0.25, 0.3) is 0 Å². The van der Waals surface area contributed by atoms with Crippen LogP contribution in [0.4, 0.5) is 4.79 Å². The largest absolute Gasteiger partial charge is 0.347 e. The molecular formula is C8H18N4O2. The van der Waals surface area contributed by atoms with Crippen molar-refractivity contribution in [3.63, 3.8) is 0 Å². The van der Waals surface area contributed by atoms with Gasteiger partial charge in [-0.2, -0.15) is 0 Å². The lowest BCUT2D eigenvalue weighted by Crippen LogP contribution is -2.49. The van der Waals surface area contributed by atoms with Crippen LogP contribution in [0, 0.1) is 0 Å². The van der Waals surface area contributed by atoms with Gasteiger partial charge in [0.1, 0.15) is 0 Å². The molecule has 0 rings (SSSR count). The van der Waals surface area contributed by atoms with Crippen molar-refractivity contribution < 1.29 is 9.59 Å². The van der Waals surface area contributed by atoms with Crippen molar-refractivity contribution in [3.05, 3.63) is 0 Å². The molecule has 0 saturated carbocycles. The second-order valence-corrected chi connectivity index (χ2v) is 2.94. The van der Waals surface area contributed by atoms with Crippen molar-refractivity contribution in [2.24, 2.45) is 5.84 Å². The summed E-state index contributed by atoms with van der Waals surface area (Å²) in [6.45, 7) is 2.62. The van der Waals surface area contributed by atoms with E-state index in [1.54, 1.807) is 0 Å². The second kappa shape index (κ2) is 8.31. The summed E-state index contributed by atoms with van der Waals surface area (Å²) in [5.41, 5.74) is 4.16. The first-order valence-electron chi connectivity index (χ1n) is 4.73. The van der Waals surface area contributed by atoms with E-state index in [0.29, 0.717) is 13.0 Å². The fraction of sp³-hybridized carbons (Fsp3) is 0.750. The second-order valence-electron chi connectivity index (χ2n) is 2.94.